The fourth-order valence-corrected chi connectivity index (χ4v) is 2.83. The number of hydrogen-bond acceptors (Lipinski definition) is 3. The average Bonchev–Trinajstić information content (AvgIpc) is 2.65. The Kier molecular flexibility index (Phi) is 8.02. The van der Waals surface area contributed by atoms with Gasteiger partial charge in [0.25, 0.3) is 0 Å². The Balaban J connectivity index is 2.26. The zero-order valence-corrected chi connectivity index (χ0v) is 14.0. The van der Waals surface area contributed by atoms with Crippen molar-refractivity contribution >= 4 is 27.7 Å². The molecule has 1 N–H and O–H groups in total. The van der Waals surface area contributed by atoms with Gasteiger partial charge in [-0.25, -0.2) is 0 Å². The van der Waals surface area contributed by atoms with Crippen molar-refractivity contribution in [3.05, 3.63) is 15.9 Å². The van der Waals surface area contributed by atoms with E-state index < -0.39 is 0 Å². The first-order valence-electron chi connectivity index (χ1n) is 6.62. The summed E-state index contributed by atoms with van der Waals surface area (Å²) < 4.78 is 3.22. The molecule has 5 heteroatoms. The molecule has 0 atom stereocenters. The molecule has 1 aromatic rings. The molecule has 0 radical (unpaired) electrons. The van der Waals surface area contributed by atoms with Gasteiger partial charge in [0.1, 0.15) is 0 Å². The second-order valence-corrected chi connectivity index (χ2v) is 6.17. The predicted octanol–water partition coefficient (Wildman–Crippen LogP) is 3.60. The molecule has 0 amide bonds. The Labute approximate surface area is 123 Å². The quantitative estimate of drug-likeness (QED) is 0.700. The van der Waals surface area contributed by atoms with Crippen LogP contribution in [0.1, 0.15) is 37.6 Å². The summed E-state index contributed by atoms with van der Waals surface area (Å²) >= 11 is 5.55. The maximum atomic E-state index is 4.50. The lowest BCUT2D eigenvalue weighted by atomic mass is 10.2. The van der Waals surface area contributed by atoms with E-state index in [-0.39, 0.29) is 0 Å². The monoisotopic (exact) mass is 333 g/mol. The van der Waals surface area contributed by atoms with Crippen molar-refractivity contribution in [3.63, 3.8) is 0 Å². The van der Waals surface area contributed by atoms with Gasteiger partial charge in [0.15, 0.2) is 0 Å². The van der Waals surface area contributed by atoms with E-state index in [1.165, 1.54) is 30.7 Å². The Morgan fingerprint density at radius 3 is 2.78 bits per heavy atom. The fourth-order valence-electron chi connectivity index (χ4n) is 1.92. The fraction of sp³-hybridized carbons (Fsp3) is 0.769. The molecule has 104 valence electrons. The summed E-state index contributed by atoms with van der Waals surface area (Å²) in [6.45, 7) is 7.09. The molecule has 1 aromatic heterocycles. The molecule has 1 rings (SSSR count). The SMILES string of the molecule is CCn1nc(C)c(Br)c1CNCCCCCSC. The Hall–Kier alpha value is -0.0000000000000000555. The van der Waals surface area contributed by atoms with Crippen LogP contribution in [0.15, 0.2) is 4.47 Å². The maximum absolute atomic E-state index is 4.50. The lowest BCUT2D eigenvalue weighted by Gasteiger charge is -2.07. The Morgan fingerprint density at radius 2 is 2.11 bits per heavy atom. The van der Waals surface area contributed by atoms with Crippen molar-refractivity contribution < 1.29 is 0 Å². The van der Waals surface area contributed by atoms with Gasteiger partial charge in [-0.3, -0.25) is 4.68 Å². The molecule has 1 heterocycles. The molecular weight excluding hydrogens is 310 g/mol. The summed E-state index contributed by atoms with van der Waals surface area (Å²) in [6.07, 6.45) is 6.08. The first kappa shape index (κ1) is 16.1. The van der Waals surface area contributed by atoms with E-state index in [2.05, 4.69) is 44.2 Å². The third-order valence-electron chi connectivity index (χ3n) is 2.95. The summed E-state index contributed by atoms with van der Waals surface area (Å²) in [6, 6.07) is 0. The smallest absolute Gasteiger partial charge is 0.0739 e. The molecule has 0 aliphatic carbocycles. The molecule has 18 heavy (non-hydrogen) atoms. The molecule has 0 aliphatic rings. The molecule has 0 aromatic carbocycles. The van der Waals surface area contributed by atoms with Crippen molar-refractivity contribution in [3.8, 4) is 0 Å². The van der Waals surface area contributed by atoms with Crippen LogP contribution < -0.4 is 5.32 Å². The number of halogens is 1. The van der Waals surface area contributed by atoms with Gasteiger partial charge >= 0.3 is 0 Å². The number of hydrogen-bond donors (Lipinski definition) is 1. The van der Waals surface area contributed by atoms with Gasteiger partial charge in [-0.15, -0.1) is 0 Å². The van der Waals surface area contributed by atoms with Gasteiger partial charge in [-0.05, 0) is 61.2 Å². The number of thioether (sulfide) groups is 1. The minimum atomic E-state index is 0.901. The Morgan fingerprint density at radius 1 is 1.33 bits per heavy atom. The van der Waals surface area contributed by atoms with Crippen LogP contribution in [0.3, 0.4) is 0 Å². The molecule has 0 saturated heterocycles. The molecule has 0 fully saturated rings. The van der Waals surface area contributed by atoms with Gasteiger partial charge in [-0.1, -0.05) is 6.42 Å². The van der Waals surface area contributed by atoms with E-state index in [0.29, 0.717) is 0 Å². The average molecular weight is 334 g/mol. The van der Waals surface area contributed by atoms with E-state index in [4.69, 9.17) is 0 Å². The zero-order valence-electron chi connectivity index (χ0n) is 11.6. The number of rotatable bonds is 9. The second-order valence-electron chi connectivity index (χ2n) is 4.39. The van der Waals surface area contributed by atoms with E-state index in [0.717, 1.165) is 29.8 Å². The van der Waals surface area contributed by atoms with Gasteiger partial charge in [0.05, 0.1) is 15.9 Å². The van der Waals surface area contributed by atoms with E-state index in [1.54, 1.807) is 0 Å². The first-order valence-corrected chi connectivity index (χ1v) is 8.80. The van der Waals surface area contributed by atoms with Crippen LogP contribution in [0.5, 0.6) is 0 Å². The van der Waals surface area contributed by atoms with Crippen LogP contribution in [0, 0.1) is 6.92 Å². The molecule has 0 spiro atoms. The lowest BCUT2D eigenvalue weighted by Crippen LogP contribution is -2.18. The third kappa shape index (κ3) is 4.94. The highest BCUT2D eigenvalue weighted by molar-refractivity contribution is 9.10. The topological polar surface area (TPSA) is 29.9 Å². The molecule has 3 nitrogen and oxygen atoms in total. The van der Waals surface area contributed by atoms with Gasteiger partial charge in [0.2, 0.25) is 0 Å². The minimum Gasteiger partial charge on any atom is -0.311 e. The molecule has 0 saturated carbocycles. The van der Waals surface area contributed by atoms with Crippen molar-refractivity contribution in [1.29, 1.82) is 0 Å². The summed E-state index contributed by atoms with van der Waals surface area (Å²) in [5.74, 6) is 1.29. The van der Waals surface area contributed by atoms with Crippen molar-refractivity contribution in [2.45, 2.75) is 46.2 Å². The van der Waals surface area contributed by atoms with E-state index >= 15 is 0 Å². The number of nitrogens with one attached hydrogen (secondary N) is 1. The normalized spacial score (nSPS) is 11.1. The van der Waals surface area contributed by atoms with Gasteiger partial charge < -0.3 is 5.32 Å². The number of aromatic nitrogens is 2. The van der Waals surface area contributed by atoms with Gasteiger partial charge in [0, 0.05) is 13.1 Å². The van der Waals surface area contributed by atoms with Crippen LogP contribution in [0.25, 0.3) is 0 Å². The lowest BCUT2D eigenvalue weighted by molar-refractivity contribution is 0.562. The van der Waals surface area contributed by atoms with Crippen LogP contribution in [-0.2, 0) is 13.1 Å². The molecule has 0 unspecified atom stereocenters. The third-order valence-corrected chi connectivity index (χ3v) is 4.68. The maximum Gasteiger partial charge on any atom is 0.0739 e. The Bertz CT molecular complexity index is 352. The van der Waals surface area contributed by atoms with Crippen molar-refractivity contribution in [2.24, 2.45) is 0 Å². The highest BCUT2D eigenvalue weighted by Crippen LogP contribution is 2.20. The standard InChI is InChI=1S/C13H24BrN3S/c1-4-17-12(13(14)11(2)16-17)10-15-8-6-5-7-9-18-3/h15H,4-10H2,1-3H3. The summed E-state index contributed by atoms with van der Waals surface area (Å²) in [5, 5.41) is 8.00. The molecule has 0 aliphatic heterocycles. The van der Waals surface area contributed by atoms with Crippen LogP contribution >= 0.6 is 27.7 Å². The van der Waals surface area contributed by atoms with Crippen LogP contribution in [-0.4, -0.2) is 28.3 Å². The van der Waals surface area contributed by atoms with Crippen molar-refractivity contribution in [1.82, 2.24) is 15.1 Å². The molecule has 0 bridgehead atoms. The predicted molar refractivity (Wildman–Crippen MR) is 84.3 cm³/mol. The largest absolute Gasteiger partial charge is 0.311 e. The highest BCUT2D eigenvalue weighted by atomic mass is 79.9. The minimum absolute atomic E-state index is 0.901. The summed E-state index contributed by atoms with van der Waals surface area (Å²) in [7, 11) is 0. The zero-order chi connectivity index (χ0) is 13.4. The first-order chi connectivity index (χ1) is 8.70. The highest BCUT2D eigenvalue weighted by Gasteiger charge is 2.10. The summed E-state index contributed by atoms with van der Waals surface area (Å²) in [5.41, 5.74) is 2.34. The van der Waals surface area contributed by atoms with E-state index in [1.807, 2.05) is 18.7 Å². The summed E-state index contributed by atoms with van der Waals surface area (Å²) in [4.78, 5) is 0. The number of aryl methyl sites for hydroxylation is 2. The number of unbranched alkanes of at least 4 members (excludes halogenated alkanes) is 2. The van der Waals surface area contributed by atoms with Crippen LogP contribution in [0.2, 0.25) is 0 Å². The second kappa shape index (κ2) is 8.99. The number of nitrogens with zero attached hydrogens (tertiary/aromatic N) is 2. The van der Waals surface area contributed by atoms with E-state index in [9.17, 15) is 0 Å². The molecular formula is C13H24BrN3S. The van der Waals surface area contributed by atoms with Crippen LogP contribution in [0.4, 0.5) is 0 Å². The van der Waals surface area contributed by atoms with Gasteiger partial charge in [-0.2, -0.15) is 16.9 Å². The van der Waals surface area contributed by atoms with Crippen molar-refractivity contribution in [2.75, 3.05) is 18.6 Å².